The van der Waals surface area contributed by atoms with E-state index in [1.807, 2.05) is 17.5 Å². The molecule has 0 aliphatic heterocycles. The van der Waals surface area contributed by atoms with Crippen molar-refractivity contribution in [1.29, 1.82) is 0 Å². The summed E-state index contributed by atoms with van der Waals surface area (Å²) in [6.45, 7) is 10.7. The Kier molecular flexibility index (Phi) is 7.34. The highest BCUT2D eigenvalue weighted by molar-refractivity contribution is 7.15. The van der Waals surface area contributed by atoms with Crippen LogP contribution in [-0.2, 0) is 0 Å². The lowest BCUT2D eigenvalue weighted by Gasteiger charge is -2.23. The van der Waals surface area contributed by atoms with E-state index in [4.69, 9.17) is 0 Å². The molecule has 0 saturated heterocycles. The van der Waals surface area contributed by atoms with Gasteiger partial charge in [0.25, 0.3) is 0 Å². The molecule has 4 nitrogen and oxygen atoms in total. The highest BCUT2D eigenvalue weighted by atomic mass is 32.1. The average Bonchev–Trinajstić information content (AvgIpc) is 2.84. The molecule has 0 aromatic carbocycles. The molecule has 0 spiro atoms. The number of likely N-dealkylation sites (N-methyl/N-ethyl adjacent to an activating group) is 1. The second-order valence-electron chi connectivity index (χ2n) is 5.11. The number of nitrogens with one attached hydrogen (secondary N) is 1. The fourth-order valence-electron chi connectivity index (χ4n) is 1.92. The normalized spacial score (nSPS) is 12.9. The van der Waals surface area contributed by atoms with Crippen LogP contribution in [0.25, 0.3) is 0 Å². The SMILES string of the molecule is CCCN(CCN(C)C)c1ncc(C(C)NCC)s1. The van der Waals surface area contributed by atoms with Gasteiger partial charge in [0.2, 0.25) is 0 Å². The van der Waals surface area contributed by atoms with Crippen molar-refractivity contribution >= 4 is 16.5 Å². The van der Waals surface area contributed by atoms with Crippen molar-refractivity contribution in [2.75, 3.05) is 45.2 Å². The summed E-state index contributed by atoms with van der Waals surface area (Å²) in [5.41, 5.74) is 0. The van der Waals surface area contributed by atoms with E-state index in [1.54, 1.807) is 0 Å². The fraction of sp³-hybridized carbons (Fsp3) is 0.786. The molecule has 19 heavy (non-hydrogen) atoms. The molecule has 0 aliphatic carbocycles. The van der Waals surface area contributed by atoms with Gasteiger partial charge in [0, 0.05) is 36.8 Å². The molecule has 1 heterocycles. The second-order valence-corrected chi connectivity index (χ2v) is 6.16. The highest BCUT2D eigenvalue weighted by Crippen LogP contribution is 2.27. The molecule has 1 aromatic rings. The van der Waals surface area contributed by atoms with E-state index in [0.717, 1.165) is 37.7 Å². The van der Waals surface area contributed by atoms with E-state index in [9.17, 15) is 0 Å². The van der Waals surface area contributed by atoms with Gasteiger partial charge < -0.3 is 15.1 Å². The predicted octanol–water partition coefficient (Wildman–Crippen LogP) is 2.59. The summed E-state index contributed by atoms with van der Waals surface area (Å²) in [4.78, 5) is 10.5. The summed E-state index contributed by atoms with van der Waals surface area (Å²) in [6, 6.07) is 0.397. The topological polar surface area (TPSA) is 31.4 Å². The number of aromatic nitrogens is 1. The molecule has 1 rings (SSSR count). The van der Waals surface area contributed by atoms with E-state index >= 15 is 0 Å². The molecule has 0 fully saturated rings. The molecule has 1 aromatic heterocycles. The van der Waals surface area contributed by atoms with Crippen molar-refractivity contribution < 1.29 is 0 Å². The molecule has 110 valence electrons. The third kappa shape index (κ3) is 5.47. The quantitative estimate of drug-likeness (QED) is 0.755. The van der Waals surface area contributed by atoms with E-state index in [0.29, 0.717) is 6.04 Å². The van der Waals surface area contributed by atoms with Gasteiger partial charge in [-0.3, -0.25) is 0 Å². The summed E-state index contributed by atoms with van der Waals surface area (Å²) < 4.78 is 0. The Morgan fingerprint density at radius 1 is 1.26 bits per heavy atom. The first-order valence-corrected chi connectivity index (χ1v) is 7.98. The van der Waals surface area contributed by atoms with Gasteiger partial charge in [-0.2, -0.15) is 0 Å². The first-order valence-electron chi connectivity index (χ1n) is 7.17. The maximum absolute atomic E-state index is 4.60. The third-order valence-corrected chi connectivity index (χ3v) is 4.27. The van der Waals surface area contributed by atoms with Crippen LogP contribution in [0.2, 0.25) is 0 Å². The molecular weight excluding hydrogens is 256 g/mol. The van der Waals surface area contributed by atoms with Crippen LogP contribution in [-0.4, -0.2) is 50.2 Å². The van der Waals surface area contributed by atoms with Crippen LogP contribution in [0.3, 0.4) is 0 Å². The third-order valence-electron chi connectivity index (χ3n) is 3.03. The standard InChI is InChI=1S/C14H28N4S/c1-6-8-18(10-9-17(4)5)14-16-11-13(19-14)12(3)15-7-2/h11-12,15H,6-10H2,1-5H3. The molecule has 5 heteroatoms. The van der Waals surface area contributed by atoms with Crippen molar-refractivity contribution in [2.45, 2.75) is 33.2 Å². The molecule has 0 amide bonds. The van der Waals surface area contributed by atoms with E-state index in [-0.39, 0.29) is 0 Å². The summed E-state index contributed by atoms with van der Waals surface area (Å²) in [7, 11) is 4.23. The van der Waals surface area contributed by atoms with Crippen LogP contribution in [0, 0.1) is 0 Å². The number of rotatable bonds is 9. The number of hydrogen-bond donors (Lipinski definition) is 1. The Hall–Kier alpha value is -0.650. The van der Waals surface area contributed by atoms with Crippen molar-refractivity contribution in [1.82, 2.24) is 15.2 Å². The predicted molar refractivity (Wildman–Crippen MR) is 85.3 cm³/mol. The van der Waals surface area contributed by atoms with Gasteiger partial charge in [0.05, 0.1) is 0 Å². The summed E-state index contributed by atoms with van der Waals surface area (Å²) in [5, 5.41) is 4.60. The minimum Gasteiger partial charge on any atom is -0.347 e. The van der Waals surface area contributed by atoms with Gasteiger partial charge in [-0.15, -0.1) is 11.3 Å². The number of nitrogens with zero attached hydrogens (tertiary/aromatic N) is 3. The largest absolute Gasteiger partial charge is 0.347 e. The fourth-order valence-corrected chi connectivity index (χ4v) is 2.92. The average molecular weight is 284 g/mol. The molecule has 0 saturated carbocycles. The van der Waals surface area contributed by atoms with Crippen LogP contribution < -0.4 is 10.2 Å². The van der Waals surface area contributed by atoms with Gasteiger partial charge in [-0.05, 0) is 34.0 Å². The molecular formula is C14H28N4S. The molecule has 1 N–H and O–H groups in total. The summed E-state index contributed by atoms with van der Waals surface area (Å²) in [5.74, 6) is 0. The lowest BCUT2D eigenvalue weighted by atomic mass is 10.3. The van der Waals surface area contributed by atoms with Crippen molar-refractivity contribution in [2.24, 2.45) is 0 Å². The number of anilines is 1. The highest BCUT2D eigenvalue weighted by Gasteiger charge is 2.13. The second kappa shape index (κ2) is 8.51. The van der Waals surface area contributed by atoms with Crippen molar-refractivity contribution in [3.8, 4) is 0 Å². The zero-order valence-electron chi connectivity index (χ0n) is 12.9. The van der Waals surface area contributed by atoms with Crippen molar-refractivity contribution in [3.63, 3.8) is 0 Å². The monoisotopic (exact) mass is 284 g/mol. The molecule has 1 atom stereocenters. The maximum Gasteiger partial charge on any atom is 0.185 e. The van der Waals surface area contributed by atoms with Crippen LogP contribution >= 0.6 is 11.3 Å². The van der Waals surface area contributed by atoms with Crippen LogP contribution in [0.15, 0.2) is 6.20 Å². The summed E-state index contributed by atoms with van der Waals surface area (Å²) >= 11 is 1.81. The van der Waals surface area contributed by atoms with E-state index in [1.165, 1.54) is 4.88 Å². The van der Waals surface area contributed by atoms with Gasteiger partial charge in [0.1, 0.15) is 0 Å². The van der Waals surface area contributed by atoms with Gasteiger partial charge in [0.15, 0.2) is 5.13 Å². The molecule has 1 unspecified atom stereocenters. The minimum atomic E-state index is 0.397. The van der Waals surface area contributed by atoms with E-state index in [2.05, 4.69) is 55.0 Å². The smallest absolute Gasteiger partial charge is 0.185 e. The van der Waals surface area contributed by atoms with Gasteiger partial charge in [-0.25, -0.2) is 4.98 Å². The Morgan fingerprint density at radius 2 is 2.00 bits per heavy atom. The maximum atomic E-state index is 4.60. The lowest BCUT2D eigenvalue weighted by Crippen LogP contribution is -2.32. The Labute approximate surface area is 121 Å². The van der Waals surface area contributed by atoms with Crippen LogP contribution in [0.5, 0.6) is 0 Å². The Morgan fingerprint density at radius 3 is 2.58 bits per heavy atom. The first kappa shape index (κ1) is 16.4. The van der Waals surface area contributed by atoms with Crippen LogP contribution in [0.1, 0.15) is 38.1 Å². The Bertz CT molecular complexity index is 351. The van der Waals surface area contributed by atoms with Crippen molar-refractivity contribution in [3.05, 3.63) is 11.1 Å². The zero-order chi connectivity index (χ0) is 14.3. The Balaban J connectivity index is 2.68. The van der Waals surface area contributed by atoms with Gasteiger partial charge >= 0.3 is 0 Å². The number of thiazole rings is 1. The lowest BCUT2D eigenvalue weighted by molar-refractivity contribution is 0.413. The van der Waals surface area contributed by atoms with E-state index < -0.39 is 0 Å². The first-order chi connectivity index (χ1) is 9.08. The minimum absolute atomic E-state index is 0.397. The zero-order valence-corrected chi connectivity index (χ0v) is 13.8. The molecule has 0 bridgehead atoms. The molecule has 0 aliphatic rings. The molecule has 0 radical (unpaired) electrons. The van der Waals surface area contributed by atoms with Gasteiger partial charge in [-0.1, -0.05) is 13.8 Å². The van der Waals surface area contributed by atoms with Crippen LogP contribution in [0.4, 0.5) is 5.13 Å². The number of hydrogen-bond acceptors (Lipinski definition) is 5. The summed E-state index contributed by atoms with van der Waals surface area (Å²) in [6.07, 6.45) is 3.18.